The molecular weight excluding hydrogens is 244 g/mol. The third-order valence-corrected chi connectivity index (χ3v) is 3.66. The van der Waals surface area contributed by atoms with E-state index in [1.165, 1.54) is 28.1 Å². The van der Waals surface area contributed by atoms with Gasteiger partial charge in [-0.15, -0.1) is 0 Å². The van der Waals surface area contributed by atoms with Gasteiger partial charge in [0.25, 0.3) is 6.33 Å². The van der Waals surface area contributed by atoms with Crippen molar-refractivity contribution in [2.24, 2.45) is 0 Å². The van der Waals surface area contributed by atoms with Gasteiger partial charge in [0.05, 0.1) is 0 Å². The summed E-state index contributed by atoms with van der Waals surface area (Å²) < 4.78 is 4.33. The van der Waals surface area contributed by atoms with E-state index in [4.69, 9.17) is 0 Å². The second-order valence-corrected chi connectivity index (χ2v) is 5.30. The summed E-state index contributed by atoms with van der Waals surface area (Å²) in [7, 11) is 0. The number of aromatic nitrogens is 2. The van der Waals surface area contributed by atoms with Gasteiger partial charge in [-0.3, -0.25) is 0 Å². The van der Waals surface area contributed by atoms with Crippen molar-refractivity contribution in [3.05, 3.63) is 77.9 Å². The summed E-state index contributed by atoms with van der Waals surface area (Å²) in [4.78, 5) is 0. The van der Waals surface area contributed by atoms with Crippen LogP contribution in [0.2, 0.25) is 0 Å². The van der Waals surface area contributed by atoms with Crippen LogP contribution in [-0.4, -0.2) is 4.57 Å². The topological polar surface area (TPSA) is 8.81 Å². The highest BCUT2D eigenvalue weighted by Crippen LogP contribution is 2.14. The third-order valence-electron chi connectivity index (χ3n) is 3.66. The molecule has 0 saturated heterocycles. The van der Waals surface area contributed by atoms with E-state index in [1.54, 1.807) is 0 Å². The molecule has 100 valence electrons. The quantitative estimate of drug-likeness (QED) is 0.624. The second kappa shape index (κ2) is 4.97. The molecule has 0 saturated carbocycles. The predicted molar refractivity (Wildman–Crippen MR) is 81.5 cm³/mol. The molecule has 0 atom stereocenters. The first kappa shape index (κ1) is 12.7. The van der Waals surface area contributed by atoms with E-state index in [0.717, 1.165) is 0 Å². The van der Waals surface area contributed by atoms with Crippen LogP contribution in [0.5, 0.6) is 0 Å². The number of benzene rings is 2. The molecule has 0 aliphatic heterocycles. The first-order valence-corrected chi connectivity index (χ1v) is 6.88. The Balaban J connectivity index is 2.04. The zero-order valence-corrected chi connectivity index (χ0v) is 12.2. The number of rotatable bonds is 2. The van der Waals surface area contributed by atoms with E-state index in [9.17, 15) is 0 Å². The van der Waals surface area contributed by atoms with Crippen LogP contribution >= 0.6 is 0 Å². The Kier molecular flexibility index (Phi) is 3.15. The van der Waals surface area contributed by atoms with Gasteiger partial charge in [-0.25, -0.2) is 9.13 Å². The van der Waals surface area contributed by atoms with E-state index in [1.807, 2.05) is 0 Å². The van der Waals surface area contributed by atoms with Crippen LogP contribution in [-0.2, 0) is 0 Å². The lowest BCUT2D eigenvalue weighted by atomic mass is 10.1. The van der Waals surface area contributed by atoms with Crippen molar-refractivity contribution in [2.75, 3.05) is 0 Å². The molecule has 20 heavy (non-hydrogen) atoms. The standard InChI is InChI=1S/C18H19N2/c1-14-8-9-18(16(3)12-14)20-11-10-19(13-20)17-7-5-4-6-15(17)2/h4-13H,1-3H3/q+1. The number of aryl methyl sites for hydroxylation is 3. The van der Waals surface area contributed by atoms with Crippen LogP contribution in [0.25, 0.3) is 11.4 Å². The SMILES string of the molecule is Cc1ccc(-[n+]2ccn(-c3ccccc3C)c2)c(C)c1. The Morgan fingerprint density at radius 3 is 2.45 bits per heavy atom. The molecule has 0 unspecified atom stereocenters. The molecule has 0 aliphatic rings. The highest BCUT2D eigenvalue weighted by molar-refractivity contribution is 5.40. The van der Waals surface area contributed by atoms with Crippen molar-refractivity contribution in [2.45, 2.75) is 20.8 Å². The van der Waals surface area contributed by atoms with Gasteiger partial charge >= 0.3 is 0 Å². The molecule has 0 aliphatic carbocycles. The van der Waals surface area contributed by atoms with Crippen molar-refractivity contribution < 1.29 is 4.57 Å². The second-order valence-electron chi connectivity index (χ2n) is 5.30. The van der Waals surface area contributed by atoms with Crippen molar-refractivity contribution in [3.8, 4) is 11.4 Å². The Bertz CT molecular complexity index is 754. The van der Waals surface area contributed by atoms with Crippen LogP contribution in [0, 0.1) is 20.8 Å². The summed E-state index contributed by atoms with van der Waals surface area (Å²) in [5, 5.41) is 0. The maximum atomic E-state index is 2.22. The van der Waals surface area contributed by atoms with Gasteiger partial charge < -0.3 is 0 Å². The van der Waals surface area contributed by atoms with E-state index >= 15 is 0 Å². The van der Waals surface area contributed by atoms with Gasteiger partial charge in [-0.05, 0) is 44.0 Å². The average molecular weight is 263 g/mol. The molecule has 0 N–H and O–H groups in total. The van der Waals surface area contributed by atoms with E-state index in [0.29, 0.717) is 0 Å². The molecule has 1 heterocycles. The number of hydrogen-bond donors (Lipinski definition) is 0. The minimum Gasteiger partial charge on any atom is -0.202 e. The number of hydrogen-bond acceptors (Lipinski definition) is 0. The average Bonchev–Trinajstić information content (AvgIpc) is 2.88. The molecule has 2 heteroatoms. The Morgan fingerprint density at radius 2 is 1.70 bits per heavy atom. The third kappa shape index (κ3) is 2.25. The molecule has 0 amide bonds. The van der Waals surface area contributed by atoms with Gasteiger partial charge in [0, 0.05) is 0 Å². The Morgan fingerprint density at radius 1 is 0.900 bits per heavy atom. The van der Waals surface area contributed by atoms with Gasteiger partial charge in [-0.1, -0.05) is 35.9 Å². The molecule has 3 rings (SSSR count). The van der Waals surface area contributed by atoms with Gasteiger partial charge in [0.1, 0.15) is 23.8 Å². The highest BCUT2D eigenvalue weighted by Gasteiger charge is 2.11. The zero-order valence-electron chi connectivity index (χ0n) is 12.2. The molecule has 0 bridgehead atoms. The van der Waals surface area contributed by atoms with Crippen LogP contribution < -0.4 is 4.57 Å². The fraction of sp³-hybridized carbons (Fsp3) is 0.167. The summed E-state index contributed by atoms with van der Waals surface area (Å²) in [5.41, 5.74) is 6.30. The van der Waals surface area contributed by atoms with Gasteiger partial charge in [-0.2, -0.15) is 0 Å². The molecule has 0 fully saturated rings. The lowest BCUT2D eigenvalue weighted by molar-refractivity contribution is -0.595. The summed E-state index contributed by atoms with van der Waals surface area (Å²) in [6.45, 7) is 6.41. The van der Waals surface area contributed by atoms with Crippen LogP contribution in [0.4, 0.5) is 0 Å². The fourth-order valence-corrected chi connectivity index (χ4v) is 2.59. The molecule has 0 radical (unpaired) electrons. The van der Waals surface area contributed by atoms with E-state index in [-0.39, 0.29) is 0 Å². The smallest absolute Gasteiger partial charge is 0.202 e. The fourth-order valence-electron chi connectivity index (χ4n) is 2.59. The number of para-hydroxylation sites is 1. The maximum Gasteiger partial charge on any atom is 0.254 e. The molecular formula is C18H19N2+. The van der Waals surface area contributed by atoms with Crippen molar-refractivity contribution in [1.29, 1.82) is 0 Å². The lowest BCUT2D eigenvalue weighted by Crippen LogP contribution is -2.28. The largest absolute Gasteiger partial charge is 0.254 e. The molecule has 2 aromatic carbocycles. The van der Waals surface area contributed by atoms with Gasteiger partial charge in [0.15, 0.2) is 0 Å². The van der Waals surface area contributed by atoms with Gasteiger partial charge in [0.2, 0.25) is 0 Å². The highest BCUT2D eigenvalue weighted by atomic mass is 15.1. The summed E-state index contributed by atoms with van der Waals surface area (Å²) in [6.07, 6.45) is 6.33. The Hall–Kier alpha value is -2.35. The maximum absolute atomic E-state index is 2.22. The molecule has 3 aromatic rings. The normalized spacial score (nSPS) is 10.8. The number of imidazole rings is 1. The predicted octanol–water partition coefficient (Wildman–Crippen LogP) is 3.68. The lowest BCUT2D eigenvalue weighted by Gasteiger charge is -2.02. The van der Waals surface area contributed by atoms with Crippen LogP contribution in [0.1, 0.15) is 16.7 Å². The van der Waals surface area contributed by atoms with Crippen molar-refractivity contribution >= 4 is 0 Å². The summed E-state index contributed by atoms with van der Waals surface area (Å²) >= 11 is 0. The van der Waals surface area contributed by atoms with E-state index in [2.05, 4.69) is 91.1 Å². The summed E-state index contributed by atoms with van der Waals surface area (Å²) in [6, 6.07) is 15.0. The van der Waals surface area contributed by atoms with Crippen LogP contribution in [0.15, 0.2) is 61.2 Å². The minimum absolute atomic E-state index is 1.22. The number of nitrogens with zero attached hydrogens (tertiary/aromatic N) is 2. The summed E-state index contributed by atoms with van der Waals surface area (Å²) in [5.74, 6) is 0. The zero-order chi connectivity index (χ0) is 14.1. The molecule has 0 spiro atoms. The van der Waals surface area contributed by atoms with Crippen molar-refractivity contribution in [1.82, 2.24) is 4.57 Å². The minimum atomic E-state index is 1.22. The molecule has 1 aromatic heterocycles. The van der Waals surface area contributed by atoms with Crippen molar-refractivity contribution in [3.63, 3.8) is 0 Å². The van der Waals surface area contributed by atoms with Crippen LogP contribution in [0.3, 0.4) is 0 Å². The molecule has 2 nitrogen and oxygen atoms in total. The monoisotopic (exact) mass is 263 g/mol. The first-order valence-electron chi connectivity index (χ1n) is 6.88. The first-order chi connectivity index (χ1) is 9.65. The van der Waals surface area contributed by atoms with E-state index < -0.39 is 0 Å². The Labute approximate surface area is 119 Å².